The highest BCUT2D eigenvalue weighted by molar-refractivity contribution is 5.96. The zero-order chi connectivity index (χ0) is 24.6. The quantitative estimate of drug-likeness (QED) is 0.471. The van der Waals surface area contributed by atoms with Crippen LogP contribution in [-0.2, 0) is 11.2 Å². The number of nitrogens with one attached hydrogen (secondary N) is 1. The van der Waals surface area contributed by atoms with Crippen LogP contribution in [0.5, 0.6) is 11.5 Å². The number of pyridine rings is 1. The predicted octanol–water partition coefficient (Wildman–Crippen LogP) is 4.18. The molecule has 0 spiro atoms. The van der Waals surface area contributed by atoms with E-state index in [0.717, 1.165) is 31.2 Å². The Morgan fingerprint density at radius 1 is 1.09 bits per heavy atom. The molecule has 0 aliphatic heterocycles. The van der Waals surface area contributed by atoms with Crippen molar-refractivity contribution in [2.45, 2.75) is 44.2 Å². The molecule has 35 heavy (non-hydrogen) atoms. The molecule has 0 saturated heterocycles. The molecule has 3 aromatic rings. The van der Waals surface area contributed by atoms with Crippen molar-refractivity contribution in [3.63, 3.8) is 0 Å². The van der Waals surface area contributed by atoms with Gasteiger partial charge >= 0.3 is 0 Å². The molecule has 0 bridgehead atoms. The molecule has 1 fully saturated rings. The second kappa shape index (κ2) is 11.6. The van der Waals surface area contributed by atoms with E-state index in [0.29, 0.717) is 30.0 Å². The molecule has 8 heteroatoms. The summed E-state index contributed by atoms with van der Waals surface area (Å²) >= 11 is 0. The second-order valence-corrected chi connectivity index (χ2v) is 8.59. The summed E-state index contributed by atoms with van der Waals surface area (Å²) in [7, 11) is 3.17. The third-order valence-electron chi connectivity index (χ3n) is 6.37. The third-order valence-corrected chi connectivity index (χ3v) is 6.37. The van der Waals surface area contributed by atoms with E-state index in [-0.39, 0.29) is 23.6 Å². The van der Waals surface area contributed by atoms with Gasteiger partial charge < -0.3 is 24.1 Å². The molecule has 2 heterocycles. The molecule has 8 nitrogen and oxygen atoms in total. The average molecular weight is 478 g/mol. The fourth-order valence-corrected chi connectivity index (χ4v) is 4.54. The van der Waals surface area contributed by atoms with Gasteiger partial charge in [0.2, 0.25) is 5.91 Å². The van der Waals surface area contributed by atoms with E-state index < -0.39 is 6.04 Å². The summed E-state index contributed by atoms with van der Waals surface area (Å²) in [5.41, 5.74) is 1.65. The van der Waals surface area contributed by atoms with Crippen LogP contribution >= 0.6 is 0 Å². The van der Waals surface area contributed by atoms with Gasteiger partial charge in [-0.15, -0.1) is 0 Å². The van der Waals surface area contributed by atoms with Crippen LogP contribution in [0.15, 0.2) is 65.5 Å². The van der Waals surface area contributed by atoms with Gasteiger partial charge in [0.05, 0.1) is 20.5 Å². The third kappa shape index (κ3) is 5.82. The molecule has 1 aliphatic carbocycles. The topological polar surface area (TPSA) is 93.9 Å². The number of hydrogen-bond donors (Lipinski definition) is 1. The van der Waals surface area contributed by atoms with Gasteiger partial charge in [-0.1, -0.05) is 18.9 Å². The number of methoxy groups -OCH3 is 2. The van der Waals surface area contributed by atoms with Crippen molar-refractivity contribution < 1.29 is 23.5 Å². The molecule has 1 saturated carbocycles. The normalized spacial score (nSPS) is 14.3. The standard InChI is InChI=1S/C27H31N3O5/c1-33-22-10-9-19(18-24(22)34-2)13-16-30(27(32)23-8-5-17-35-23)25(20-11-14-28-15-12-20)26(31)29-21-6-3-4-7-21/h5,8-12,14-15,17-18,21,25H,3-4,6-7,13,16H2,1-2H3,(H,29,31)/t25-/m0/s1. The highest BCUT2D eigenvalue weighted by Gasteiger charge is 2.34. The van der Waals surface area contributed by atoms with Gasteiger partial charge in [0.15, 0.2) is 17.3 Å². The van der Waals surface area contributed by atoms with Crippen LogP contribution in [0, 0.1) is 0 Å². The number of amides is 2. The molecule has 2 amide bonds. The van der Waals surface area contributed by atoms with Crippen molar-refractivity contribution in [3.05, 3.63) is 78.0 Å². The lowest BCUT2D eigenvalue weighted by Gasteiger charge is -2.31. The first-order valence-electron chi connectivity index (χ1n) is 11.9. The van der Waals surface area contributed by atoms with E-state index in [1.807, 2.05) is 18.2 Å². The first kappa shape index (κ1) is 24.3. The van der Waals surface area contributed by atoms with Crippen LogP contribution in [-0.4, -0.2) is 48.5 Å². The summed E-state index contributed by atoms with van der Waals surface area (Å²) in [6.07, 6.45) is 9.33. The monoisotopic (exact) mass is 477 g/mol. The number of carbonyl (C=O) groups is 2. The molecule has 184 valence electrons. The van der Waals surface area contributed by atoms with E-state index in [9.17, 15) is 9.59 Å². The number of furan rings is 1. The maximum atomic E-state index is 13.6. The maximum Gasteiger partial charge on any atom is 0.290 e. The Morgan fingerprint density at radius 3 is 2.49 bits per heavy atom. The highest BCUT2D eigenvalue weighted by Crippen LogP contribution is 2.29. The Kier molecular flexibility index (Phi) is 8.03. The number of nitrogens with zero attached hydrogens (tertiary/aromatic N) is 2. The number of hydrogen-bond acceptors (Lipinski definition) is 6. The minimum atomic E-state index is -0.823. The van der Waals surface area contributed by atoms with Gasteiger partial charge in [0.1, 0.15) is 6.04 Å². The molecule has 0 unspecified atom stereocenters. The lowest BCUT2D eigenvalue weighted by atomic mass is 10.0. The van der Waals surface area contributed by atoms with E-state index >= 15 is 0 Å². The molecule has 1 aromatic carbocycles. The zero-order valence-corrected chi connectivity index (χ0v) is 20.1. The summed E-state index contributed by atoms with van der Waals surface area (Å²) in [6, 6.07) is 11.8. The van der Waals surface area contributed by atoms with Crippen molar-refractivity contribution in [1.29, 1.82) is 0 Å². The fraction of sp³-hybridized carbons (Fsp3) is 0.370. The largest absolute Gasteiger partial charge is 0.493 e. The lowest BCUT2D eigenvalue weighted by Crippen LogP contribution is -2.46. The Balaban J connectivity index is 1.65. The Morgan fingerprint density at radius 2 is 1.83 bits per heavy atom. The van der Waals surface area contributed by atoms with E-state index in [1.165, 1.54) is 6.26 Å². The van der Waals surface area contributed by atoms with E-state index in [1.54, 1.807) is 55.8 Å². The molecule has 0 radical (unpaired) electrons. The van der Waals surface area contributed by atoms with Crippen LogP contribution in [0.4, 0.5) is 0 Å². The summed E-state index contributed by atoms with van der Waals surface area (Å²) in [4.78, 5) is 32.9. The van der Waals surface area contributed by atoms with Crippen molar-refractivity contribution in [1.82, 2.24) is 15.2 Å². The van der Waals surface area contributed by atoms with Gasteiger partial charge in [0, 0.05) is 25.0 Å². The second-order valence-electron chi connectivity index (χ2n) is 8.59. The lowest BCUT2D eigenvalue weighted by molar-refractivity contribution is -0.126. The Hall–Kier alpha value is -3.81. The molecule has 1 N–H and O–H groups in total. The van der Waals surface area contributed by atoms with Gasteiger partial charge in [-0.05, 0) is 66.8 Å². The van der Waals surface area contributed by atoms with Crippen molar-refractivity contribution in [3.8, 4) is 11.5 Å². The van der Waals surface area contributed by atoms with Crippen molar-refractivity contribution in [2.75, 3.05) is 20.8 Å². The van der Waals surface area contributed by atoms with Gasteiger partial charge in [-0.2, -0.15) is 0 Å². The van der Waals surface area contributed by atoms with Crippen LogP contribution in [0.1, 0.15) is 53.4 Å². The fourth-order valence-electron chi connectivity index (χ4n) is 4.54. The number of aromatic nitrogens is 1. The Labute approximate surface area is 205 Å². The minimum absolute atomic E-state index is 0.123. The molecular formula is C27H31N3O5. The summed E-state index contributed by atoms with van der Waals surface area (Å²) in [5, 5.41) is 3.17. The van der Waals surface area contributed by atoms with Gasteiger partial charge in [0.25, 0.3) is 5.91 Å². The smallest absolute Gasteiger partial charge is 0.290 e. The van der Waals surface area contributed by atoms with Gasteiger partial charge in [-0.25, -0.2) is 0 Å². The molecular weight excluding hydrogens is 446 g/mol. The van der Waals surface area contributed by atoms with E-state index in [2.05, 4.69) is 10.3 Å². The highest BCUT2D eigenvalue weighted by atomic mass is 16.5. The van der Waals surface area contributed by atoms with Crippen molar-refractivity contribution >= 4 is 11.8 Å². The van der Waals surface area contributed by atoms with E-state index in [4.69, 9.17) is 13.9 Å². The van der Waals surface area contributed by atoms with Crippen LogP contribution in [0.25, 0.3) is 0 Å². The summed E-state index contributed by atoms with van der Waals surface area (Å²) in [5.74, 6) is 0.878. The predicted molar refractivity (Wildman–Crippen MR) is 130 cm³/mol. The van der Waals surface area contributed by atoms with Crippen LogP contribution in [0.2, 0.25) is 0 Å². The molecule has 1 atom stereocenters. The minimum Gasteiger partial charge on any atom is -0.493 e. The van der Waals surface area contributed by atoms with Crippen molar-refractivity contribution in [2.24, 2.45) is 0 Å². The number of carbonyl (C=O) groups excluding carboxylic acids is 2. The number of ether oxygens (including phenoxy) is 2. The summed E-state index contributed by atoms with van der Waals surface area (Å²) < 4.78 is 16.2. The SMILES string of the molecule is COc1ccc(CCN(C(=O)c2ccco2)[C@H](C(=O)NC2CCCC2)c2ccncc2)cc1OC. The molecule has 2 aromatic heterocycles. The van der Waals surface area contributed by atoms with Gasteiger partial charge in [-0.3, -0.25) is 14.6 Å². The number of rotatable bonds is 10. The number of benzene rings is 1. The van der Waals surface area contributed by atoms with Crippen LogP contribution in [0.3, 0.4) is 0 Å². The Bertz CT molecular complexity index is 1110. The zero-order valence-electron chi connectivity index (χ0n) is 20.1. The first-order chi connectivity index (χ1) is 17.1. The van der Waals surface area contributed by atoms with Crippen LogP contribution < -0.4 is 14.8 Å². The first-order valence-corrected chi connectivity index (χ1v) is 11.9. The average Bonchev–Trinajstić information content (AvgIpc) is 3.61. The maximum absolute atomic E-state index is 13.6. The summed E-state index contributed by atoms with van der Waals surface area (Å²) in [6.45, 7) is 0.292. The molecule has 1 aliphatic rings. The molecule has 4 rings (SSSR count).